The lowest BCUT2D eigenvalue weighted by atomic mass is 10.1. The second kappa shape index (κ2) is 5.09. The van der Waals surface area contributed by atoms with E-state index < -0.39 is 0 Å². The van der Waals surface area contributed by atoms with Gasteiger partial charge in [-0.3, -0.25) is 9.69 Å². The number of amides is 1. The summed E-state index contributed by atoms with van der Waals surface area (Å²) < 4.78 is 13.3. The second-order valence-electron chi connectivity index (χ2n) is 6.60. The highest BCUT2D eigenvalue weighted by molar-refractivity contribution is 5.83. The van der Waals surface area contributed by atoms with Crippen LogP contribution in [0.5, 0.6) is 0 Å². The Balaban J connectivity index is 1.34. The molecule has 0 aromatic heterocycles. The molecule has 4 rings (SSSR count). The van der Waals surface area contributed by atoms with Crippen LogP contribution >= 0.6 is 0 Å². The fourth-order valence-electron chi connectivity index (χ4n) is 3.56. The third-order valence-corrected chi connectivity index (χ3v) is 5.07. The minimum atomic E-state index is -0.205. The predicted molar refractivity (Wildman–Crippen MR) is 78.4 cm³/mol. The first kappa shape index (κ1) is 13.3. The Bertz CT molecular complexity index is 549. The Morgan fingerprint density at radius 1 is 1.14 bits per heavy atom. The average molecular weight is 288 g/mol. The number of carbonyl (C=O) groups excluding carboxylic acids is 1. The van der Waals surface area contributed by atoms with Gasteiger partial charge >= 0.3 is 0 Å². The molecule has 2 aliphatic carbocycles. The van der Waals surface area contributed by atoms with Crippen LogP contribution in [0.1, 0.15) is 30.7 Å². The van der Waals surface area contributed by atoms with E-state index in [0.717, 1.165) is 44.2 Å². The van der Waals surface area contributed by atoms with Crippen molar-refractivity contribution in [2.24, 2.45) is 5.92 Å². The van der Waals surface area contributed by atoms with Gasteiger partial charge in [0, 0.05) is 38.1 Å². The zero-order valence-corrected chi connectivity index (χ0v) is 12.2. The van der Waals surface area contributed by atoms with Crippen LogP contribution in [0.15, 0.2) is 24.3 Å². The maximum atomic E-state index is 13.3. The topological polar surface area (TPSA) is 23.6 Å². The molecule has 3 nitrogen and oxygen atoms in total. The van der Waals surface area contributed by atoms with E-state index in [1.165, 1.54) is 18.9 Å². The molecular formula is C17H21FN2O. The molecule has 1 heterocycles. The molecule has 0 radical (unpaired) electrons. The highest BCUT2D eigenvalue weighted by atomic mass is 19.1. The van der Waals surface area contributed by atoms with Gasteiger partial charge in [-0.05, 0) is 42.9 Å². The van der Waals surface area contributed by atoms with Crippen molar-refractivity contribution >= 4 is 5.91 Å². The molecular weight excluding hydrogens is 267 g/mol. The van der Waals surface area contributed by atoms with Crippen molar-refractivity contribution in [3.8, 4) is 0 Å². The number of benzene rings is 1. The summed E-state index contributed by atoms with van der Waals surface area (Å²) in [5, 5.41) is 0. The van der Waals surface area contributed by atoms with Gasteiger partial charge in [-0.15, -0.1) is 0 Å². The van der Waals surface area contributed by atoms with E-state index in [1.54, 1.807) is 12.1 Å². The Morgan fingerprint density at radius 3 is 2.57 bits per heavy atom. The van der Waals surface area contributed by atoms with Crippen LogP contribution in [-0.4, -0.2) is 47.9 Å². The van der Waals surface area contributed by atoms with Crippen molar-refractivity contribution in [2.45, 2.75) is 31.2 Å². The third kappa shape index (κ3) is 2.69. The molecule has 0 N–H and O–H groups in total. The standard InChI is InChI=1S/C17H21FN2O/c18-13-3-1-2-12(10-13)15-11-16(15)17(21)20-8-6-19(7-9-20)14-4-5-14/h1-3,10,14-16H,4-9,11H2. The zero-order valence-electron chi connectivity index (χ0n) is 12.2. The van der Waals surface area contributed by atoms with Crippen LogP contribution in [0.25, 0.3) is 0 Å². The highest BCUT2D eigenvalue weighted by Gasteiger charge is 2.46. The second-order valence-corrected chi connectivity index (χ2v) is 6.60. The molecule has 0 spiro atoms. The monoisotopic (exact) mass is 288 g/mol. The van der Waals surface area contributed by atoms with Gasteiger partial charge in [0.2, 0.25) is 5.91 Å². The molecule has 1 amide bonds. The van der Waals surface area contributed by atoms with Crippen molar-refractivity contribution < 1.29 is 9.18 Å². The summed E-state index contributed by atoms with van der Waals surface area (Å²) >= 11 is 0. The lowest BCUT2D eigenvalue weighted by molar-refractivity contribution is -0.134. The van der Waals surface area contributed by atoms with Gasteiger partial charge in [0.05, 0.1) is 0 Å². The van der Waals surface area contributed by atoms with Crippen molar-refractivity contribution in [3.63, 3.8) is 0 Å². The molecule has 3 fully saturated rings. The van der Waals surface area contributed by atoms with Gasteiger partial charge in [0.15, 0.2) is 0 Å². The van der Waals surface area contributed by atoms with Crippen molar-refractivity contribution in [1.29, 1.82) is 0 Å². The number of rotatable bonds is 3. The highest BCUT2D eigenvalue weighted by Crippen LogP contribution is 2.48. The van der Waals surface area contributed by atoms with Gasteiger partial charge < -0.3 is 4.90 Å². The summed E-state index contributed by atoms with van der Waals surface area (Å²) in [5.74, 6) is 0.386. The lowest BCUT2D eigenvalue weighted by Gasteiger charge is -2.35. The van der Waals surface area contributed by atoms with E-state index in [2.05, 4.69) is 4.90 Å². The molecule has 1 aromatic rings. The largest absolute Gasteiger partial charge is 0.340 e. The average Bonchev–Trinajstić information content (AvgIpc) is 3.40. The number of halogens is 1. The third-order valence-electron chi connectivity index (χ3n) is 5.07. The molecule has 0 bridgehead atoms. The maximum Gasteiger partial charge on any atom is 0.226 e. The molecule has 1 saturated heterocycles. The number of nitrogens with zero attached hydrogens (tertiary/aromatic N) is 2. The first-order chi connectivity index (χ1) is 10.2. The summed E-state index contributed by atoms with van der Waals surface area (Å²) in [4.78, 5) is 17.1. The summed E-state index contributed by atoms with van der Waals surface area (Å²) in [7, 11) is 0. The molecule has 112 valence electrons. The fraction of sp³-hybridized carbons (Fsp3) is 0.588. The minimum Gasteiger partial charge on any atom is -0.340 e. The summed E-state index contributed by atoms with van der Waals surface area (Å²) in [6.45, 7) is 3.77. The number of carbonyl (C=O) groups is 1. The lowest BCUT2D eigenvalue weighted by Crippen LogP contribution is -2.49. The van der Waals surface area contributed by atoms with Crippen LogP contribution in [0, 0.1) is 11.7 Å². The van der Waals surface area contributed by atoms with E-state index in [-0.39, 0.29) is 23.6 Å². The fourth-order valence-corrected chi connectivity index (χ4v) is 3.56. The Labute approximate surface area is 124 Å². The Hall–Kier alpha value is -1.42. The van der Waals surface area contributed by atoms with Crippen molar-refractivity contribution in [1.82, 2.24) is 9.80 Å². The molecule has 2 atom stereocenters. The van der Waals surface area contributed by atoms with Gasteiger partial charge in [-0.25, -0.2) is 4.39 Å². The summed E-state index contributed by atoms with van der Waals surface area (Å²) in [6.07, 6.45) is 3.54. The van der Waals surface area contributed by atoms with E-state index in [9.17, 15) is 9.18 Å². The van der Waals surface area contributed by atoms with Crippen molar-refractivity contribution in [3.05, 3.63) is 35.6 Å². The first-order valence-electron chi connectivity index (χ1n) is 8.00. The maximum absolute atomic E-state index is 13.3. The van der Waals surface area contributed by atoms with Crippen LogP contribution in [-0.2, 0) is 4.79 Å². The molecule has 4 heteroatoms. The zero-order chi connectivity index (χ0) is 14.4. The van der Waals surface area contributed by atoms with E-state index in [0.29, 0.717) is 0 Å². The summed E-state index contributed by atoms with van der Waals surface area (Å²) in [5.41, 5.74) is 0.977. The SMILES string of the molecule is O=C(C1CC1c1cccc(F)c1)N1CCN(C2CC2)CC1. The van der Waals surface area contributed by atoms with E-state index >= 15 is 0 Å². The minimum absolute atomic E-state index is 0.0827. The normalized spacial score (nSPS) is 29.5. The molecule has 2 unspecified atom stereocenters. The van der Waals surface area contributed by atoms with Gasteiger partial charge in [-0.2, -0.15) is 0 Å². The first-order valence-corrected chi connectivity index (χ1v) is 8.00. The van der Waals surface area contributed by atoms with E-state index in [4.69, 9.17) is 0 Å². The molecule has 2 saturated carbocycles. The van der Waals surface area contributed by atoms with Crippen LogP contribution < -0.4 is 0 Å². The van der Waals surface area contributed by atoms with Crippen LogP contribution in [0.2, 0.25) is 0 Å². The van der Waals surface area contributed by atoms with Crippen LogP contribution in [0.3, 0.4) is 0 Å². The van der Waals surface area contributed by atoms with Crippen LogP contribution in [0.4, 0.5) is 4.39 Å². The van der Waals surface area contributed by atoms with Gasteiger partial charge in [0.1, 0.15) is 5.82 Å². The number of hydrogen-bond donors (Lipinski definition) is 0. The number of piperazine rings is 1. The predicted octanol–water partition coefficient (Wildman–Crippen LogP) is 2.24. The van der Waals surface area contributed by atoms with Gasteiger partial charge in [-0.1, -0.05) is 12.1 Å². The Kier molecular flexibility index (Phi) is 3.21. The number of hydrogen-bond acceptors (Lipinski definition) is 2. The molecule has 21 heavy (non-hydrogen) atoms. The Morgan fingerprint density at radius 2 is 1.90 bits per heavy atom. The van der Waals surface area contributed by atoms with Gasteiger partial charge in [0.25, 0.3) is 0 Å². The smallest absolute Gasteiger partial charge is 0.226 e. The molecule has 3 aliphatic rings. The van der Waals surface area contributed by atoms with Crippen molar-refractivity contribution in [2.75, 3.05) is 26.2 Å². The molecule has 1 aromatic carbocycles. The molecule has 1 aliphatic heterocycles. The van der Waals surface area contributed by atoms with E-state index in [1.807, 2.05) is 11.0 Å². The summed E-state index contributed by atoms with van der Waals surface area (Å²) in [6, 6.07) is 7.50. The quantitative estimate of drug-likeness (QED) is 0.851.